The van der Waals surface area contributed by atoms with Gasteiger partial charge in [0.05, 0.1) is 13.2 Å². The second kappa shape index (κ2) is 5.40. The molecule has 1 saturated carbocycles. The van der Waals surface area contributed by atoms with Crippen LogP contribution in [0.1, 0.15) is 13.3 Å². The Morgan fingerprint density at radius 2 is 2.06 bits per heavy atom. The number of nitrogens with one attached hydrogen (secondary N) is 1. The minimum atomic E-state index is -0.453. The van der Waals surface area contributed by atoms with E-state index >= 15 is 0 Å². The molecule has 1 heterocycles. The molecule has 2 rings (SSSR count). The average Bonchev–Trinajstić information content (AvgIpc) is 2.85. The lowest BCUT2D eigenvalue weighted by Crippen LogP contribution is -2.45. The van der Waals surface area contributed by atoms with Gasteiger partial charge in [-0.05, 0) is 13.3 Å². The van der Waals surface area contributed by atoms with Crippen LogP contribution in [-0.2, 0) is 4.74 Å². The molecule has 2 unspecified atom stereocenters. The fourth-order valence-corrected chi connectivity index (χ4v) is 2.60. The van der Waals surface area contributed by atoms with E-state index in [4.69, 9.17) is 27.9 Å². The minimum Gasteiger partial charge on any atom is -0.379 e. The number of ether oxygens (including phenoxy) is 1. The lowest BCUT2D eigenvalue weighted by atomic mass is 10.2. The molecular formula is C11H20Cl2N2O. The number of alkyl halides is 2. The number of nitrogens with zero attached hydrogens (tertiary/aromatic N) is 1. The molecule has 2 fully saturated rings. The van der Waals surface area contributed by atoms with Gasteiger partial charge in [-0.15, -0.1) is 23.2 Å². The second-order valence-corrected chi connectivity index (χ2v) is 6.43. The van der Waals surface area contributed by atoms with E-state index in [0.29, 0.717) is 12.0 Å². The van der Waals surface area contributed by atoms with Crippen molar-refractivity contribution >= 4 is 23.2 Å². The largest absolute Gasteiger partial charge is 0.379 e. The molecule has 0 radical (unpaired) electrons. The molecule has 0 aromatic heterocycles. The number of halogens is 2. The highest BCUT2D eigenvalue weighted by atomic mass is 35.5. The van der Waals surface area contributed by atoms with Gasteiger partial charge in [0.2, 0.25) is 0 Å². The molecule has 0 amide bonds. The molecule has 2 atom stereocenters. The van der Waals surface area contributed by atoms with Crippen LogP contribution in [0.25, 0.3) is 0 Å². The number of morpholine rings is 1. The maximum atomic E-state index is 5.98. The van der Waals surface area contributed by atoms with Gasteiger partial charge in [0.25, 0.3) is 0 Å². The molecule has 1 aliphatic heterocycles. The molecule has 3 nitrogen and oxygen atoms in total. The van der Waals surface area contributed by atoms with Gasteiger partial charge in [0.15, 0.2) is 0 Å². The van der Waals surface area contributed by atoms with E-state index in [0.717, 1.165) is 45.8 Å². The lowest BCUT2D eigenvalue weighted by molar-refractivity contribution is 0.0344. The van der Waals surface area contributed by atoms with Crippen molar-refractivity contribution in [3.63, 3.8) is 0 Å². The SMILES string of the molecule is CC(CN1CCOCC1)NCC1CC1(Cl)Cl. The first-order chi connectivity index (χ1) is 7.58. The van der Waals surface area contributed by atoms with Crippen molar-refractivity contribution in [3.8, 4) is 0 Å². The number of rotatable bonds is 5. The van der Waals surface area contributed by atoms with Gasteiger partial charge in [0, 0.05) is 38.1 Å². The summed E-state index contributed by atoms with van der Waals surface area (Å²) >= 11 is 12.0. The van der Waals surface area contributed by atoms with Crippen LogP contribution < -0.4 is 5.32 Å². The summed E-state index contributed by atoms with van der Waals surface area (Å²) in [5, 5.41) is 3.50. The van der Waals surface area contributed by atoms with E-state index in [9.17, 15) is 0 Å². The van der Waals surface area contributed by atoms with Crippen molar-refractivity contribution < 1.29 is 4.74 Å². The Hall–Kier alpha value is 0.460. The Kier molecular flexibility index (Phi) is 4.36. The molecule has 2 aliphatic rings. The van der Waals surface area contributed by atoms with Crippen LogP contribution in [-0.4, -0.2) is 54.7 Å². The van der Waals surface area contributed by atoms with Crippen LogP contribution in [0.4, 0.5) is 0 Å². The smallest absolute Gasteiger partial charge is 0.122 e. The van der Waals surface area contributed by atoms with Crippen molar-refractivity contribution in [2.45, 2.75) is 23.7 Å². The van der Waals surface area contributed by atoms with Gasteiger partial charge in [-0.25, -0.2) is 0 Å². The maximum Gasteiger partial charge on any atom is 0.122 e. The van der Waals surface area contributed by atoms with E-state index in [1.807, 2.05) is 0 Å². The second-order valence-electron chi connectivity index (χ2n) is 4.88. The highest BCUT2D eigenvalue weighted by Gasteiger charge is 2.51. The molecule has 0 aromatic carbocycles. The summed E-state index contributed by atoms with van der Waals surface area (Å²) in [6.45, 7) is 8.03. The topological polar surface area (TPSA) is 24.5 Å². The zero-order chi connectivity index (χ0) is 11.6. The molecule has 0 spiro atoms. The first-order valence-corrected chi connectivity index (χ1v) is 6.75. The molecule has 1 aliphatic carbocycles. The summed E-state index contributed by atoms with van der Waals surface area (Å²) in [4.78, 5) is 2.43. The molecule has 1 N–H and O–H groups in total. The van der Waals surface area contributed by atoms with E-state index in [2.05, 4.69) is 17.1 Å². The van der Waals surface area contributed by atoms with Crippen molar-refractivity contribution in [2.75, 3.05) is 39.4 Å². The zero-order valence-electron chi connectivity index (χ0n) is 9.72. The highest BCUT2D eigenvalue weighted by Crippen LogP contribution is 2.52. The zero-order valence-corrected chi connectivity index (χ0v) is 11.2. The minimum absolute atomic E-state index is 0.433. The fraction of sp³-hybridized carbons (Fsp3) is 1.00. The predicted molar refractivity (Wildman–Crippen MR) is 67.3 cm³/mol. The van der Waals surface area contributed by atoms with E-state index in [-0.39, 0.29) is 0 Å². The van der Waals surface area contributed by atoms with Gasteiger partial charge >= 0.3 is 0 Å². The number of hydrogen-bond acceptors (Lipinski definition) is 3. The fourth-order valence-electron chi connectivity index (χ4n) is 2.07. The number of hydrogen-bond donors (Lipinski definition) is 1. The van der Waals surface area contributed by atoms with E-state index in [1.165, 1.54) is 0 Å². The summed E-state index contributed by atoms with van der Waals surface area (Å²) in [5.41, 5.74) is 0. The Morgan fingerprint density at radius 1 is 1.44 bits per heavy atom. The van der Waals surface area contributed by atoms with Crippen LogP contribution in [0.5, 0.6) is 0 Å². The van der Waals surface area contributed by atoms with Gasteiger partial charge in [-0.3, -0.25) is 4.90 Å². The molecule has 94 valence electrons. The van der Waals surface area contributed by atoms with Crippen LogP contribution in [0.3, 0.4) is 0 Å². The first kappa shape index (κ1) is 12.9. The van der Waals surface area contributed by atoms with Crippen molar-refractivity contribution in [3.05, 3.63) is 0 Å². The van der Waals surface area contributed by atoms with Crippen LogP contribution in [0, 0.1) is 5.92 Å². The van der Waals surface area contributed by atoms with Gasteiger partial charge in [-0.2, -0.15) is 0 Å². The third kappa shape index (κ3) is 3.74. The van der Waals surface area contributed by atoms with Gasteiger partial charge in [-0.1, -0.05) is 0 Å². The quantitative estimate of drug-likeness (QED) is 0.764. The summed E-state index contributed by atoms with van der Waals surface area (Å²) in [6, 6.07) is 0.489. The van der Waals surface area contributed by atoms with E-state index in [1.54, 1.807) is 0 Å². The maximum absolute atomic E-state index is 5.98. The Balaban J connectivity index is 1.59. The monoisotopic (exact) mass is 266 g/mol. The molecular weight excluding hydrogens is 247 g/mol. The van der Waals surface area contributed by atoms with Gasteiger partial charge < -0.3 is 10.1 Å². The van der Waals surface area contributed by atoms with Gasteiger partial charge in [0.1, 0.15) is 4.33 Å². The molecule has 0 bridgehead atoms. The third-order valence-electron chi connectivity index (χ3n) is 3.30. The van der Waals surface area contributed by atoms with Crippen LogP contribution in [0.15, 0.2) is 0 Å². The summed E-state index contributed by atoms with van der Waals surface area (Å²) in [6.07, 6.45) is 0.924. The average molecular weight is 267 g/mol. The summed E-state index contributed by atoms with van der Waals surface area (Å²) < 4.78 is 4.87. The molecule has 5 heteroatoms. The predicted octanol–water partition coefficient (Wildman–Crippen LogP) is 1.49. The Bertz CT molecular complexity index is 232. The van der Waals surface area contributed by atoms with Crippen molar-refractivity contribution in [1.29, 1.82) is 0 Å². The molecule has 0 aromatic rings. The Morgan fingerprint density at radius 3 is 2.62 bits per heavy atom. The molecule has 1 saturated heterocycles. The van der Waals surface area contributed by atoms with Crippen LogP contribution >= 0.6 is 23.2 Å². The first-order valence-electron chi connectivity index (χ1n) is 5.99. The third-order valence-corrected chi connectivity index (χ3v) is 4.23. The Labute approximate surface area is 107 Å². The van der Waals surface area contributed by atoms with Crippen molar-refractivity contribution in [1.82, 2.24) is 10.2 Å². The summed E-state index contributed by atoms with van der Waals surface area (Å²) in [7, 11) is 0. The molecule has 16 heavy (non-hydrogen) atoms. The lowest BCUT2D eigenvalue weighted by Gasteiger charge is -2.29. The summed E-state index contributed by atoms with van der Waals surface area (Å²) in [5.74, 6) is 0.433. The van der Waals surface area contributed by atoms with Crippen LogP contribution in [0.2, 0.25) is 0 Å². The standard InChI is InChI=1S/C11H20Cl2N2O/c1-9(8-15-2-4-16-5-3-15)14-7-10-6-11(10,12)13/h9-10,14H,2-8H2,1H3. The highest BCUT2D eigenvalue weighted by molar-refractivity contribution is 6.50. The normalized spacial score (nSPS) is 31.3. The van der Waals surface area contributed by atoms with Crippen molar-refractivity contribution in [2.24, 2.45) is 5.92 Å². The van der Waals surface area contributed by atoms with E-state index < -0.39 is 4.33 Å².